The van der Waals surface area contributed by atoms with Crippen molar-refractivity contribution in [1.29, 1.82) is 0 Å². The molecule has 1 amide bonds. The average molecular weight is 473 g/mol. The van der Waals surface area contributed by atoms with Gasteiger partial charge in [0.1, 0.15) is 15.7 Å². The molecule has 0 spiro atoms. The van der Waals surface area contributed by atoms with E-state index in [9.17, 15) is 13.2 Å². The zero-order valence-corrected chi connectivity index (χ0v) is 18.9. The molecule has 11 heteroatoms. The smallest absolute Gasteiger partial charge is 0.294 e. The fourth-order valence-corrected chi connectivity index (χ4v) is 6.21. The minimum atomic E-state index is -3.97. The number of hydrogen-bond acceptors (Lipinski definition) is 7. The van der Waals surface area contributed by atoms with Crippen molar-refractivity contribution in [2.24, 2.45) is 4.40 Å². The SMILES string of the molecule is CCN1C(=O)/C(=C/c2ccc(OC)cc2OC)S/C1=N/S(=O)(=O)c1ccc(Cl)s1. The van der Waals surface area contributed by atoms with Crippen molar-refractivity contribution in [2.75, 3.05) is 20.8 Å². The molecule has 2 aromatic rings. The van der Waals surface area contributed by atoms with Crippen LogP contribution in [-0.2, 0) is 14.8 Å². The summed E-state index contributed by atoms with van der Waals surface area (Å²) in [5.74, 6) is 0.820. The highest BCUT2D eigenvalue weighted by Crippen LogP contribution is 2.36. The van der Waals surface area contributed by atoms with Gasteiger partial charge in [0, 0.05) is 18.2 Å². The summed E-state index contributed by atoms with van der Waals surface area (Å²) < 4.78 is 39.9. The van der Waals surface area contributed by atoms with Crippen LogP contribution in [0.25, 0.3) is 6.08 Å². The first-order chi connectivity index (χ1) is 13.8. The van der Waals surface area contributed by atoms with Crippen molar-refractivity contribution in [3.63, 3.8) is 0 Å². The first-order valence-corrected chi connectivity index (χ1v) is 11.8. The number of hydrogen-bond donors (Lipinski definition) is 0. The summed E-state index contributed by atoms with van der Waals surface area (Å²) >= 11 is 7.74. The summed E-state index contributed by atoms with van der Waals surface area (Å²) in [5, 5.41) is 0.0979. The highest BCUT2D eigenvalue weighted by molar-refractivity contribution is 8.19. The van der Waals surface area contributed by atoms with E-state index in [2.05, 4.69) is 4.40 Å². The van der Waals surface area contributed by atoms with Crippen LogP contribution in [0.2, 0.25) is 4.34 Å². The van der Waals surface area contributed by atoms with Crippen molar-refractivity contribution in [1.82, 2.24) is 4.90 Å². The standard InChI is InChI=1S/C18H17ClN2O5S3/c1-4-21-17(22)14(9-11-5-6-12(25-2)10-13(11)26-3)27-18(21)20-29(23,24)16-8-7-15(19)28-16/h5-10H,4H2,1-3H3/b14-9-,20-18+. The van der Waals surface area contributed by atoms with E-state index in [1.54, 1.807) is 38.3 Å². The molecule has 0 radical (unpaired) electrons. The van der Waals surface area contributed by atoms with Gasteiger partial charge in [0.15, 0.2) is 5.17 Å². The van der Waals surface area contributed by atoms with E-state index in [1.807, 2.05) is 0 Å². The lowest BCUT2D eigenvalue weighted by Crippen LogP contribution is -2.29. The Morgan fingerprint density at radius 3 is 2.55 bits per heavy atom. The zero-order valence-electron chi connectivity index (χ0n) is 15.7. The van der Waals surface area contributed by atoms with Crippen molar-refractivity contribution in [2.45, 2.75) is 11.1 Å². The highest BCUT2D eigenvalue weighted by atomic mass is 35.5. The Balaban J connectivity index is 1.98. The van der Waals surface area contributed by atoms with Crippen LogP contribution < -0.4 is 9.47 Å². The van der Waals surface area contributed by atoms with Crippen LogP contribution in [0.5, 0.6) is 11.5 Å². The van der Waals surface area contributed by atoms with Crippen molar-refractivity contribution in [3.8, 4) is 11.5 Å². The van der Waals surface area contributed by atoms with Crippen LogP contribution in [-0.4, -0.2) is 45.2 Å². The Morgan fingerprint density at radius 2 is 1.97 bits per heavy atom. The number of rotatable bonds is 6. The molecule has 3 rings (SSSR count). The summed E-state index contributed by atoms with van der Waals surface area (Å²) in [6.07, 6.45) is 1.64. The van der Waals surface area contributed by atoms with Gasteiger partial charge in [-0.3, -0.25) is 9.69 Å². The minimum absolute atomic E-state index is 0.0216. The number of amidine groups is 1. The van der Waals surface area contributed by atoms with Gasteiger partial charge in [-0.05, 0) is 49.0 Å². The summed E-state index contributed by atoms with van der Waals surface area (Å²) in [6.45, 7) is 2.03. The molecule has 0 atom stereocenters. The van der Waals surface area contributed by atoms with E-state index in [0.29, 0.717) is 26.3 Å². The molecule has 0 bridgehead atoms. The summed E-state index contributed by atoms with van der Waals surface area (Å²) in [4.78, 5) is 14.4. The van der Waals surface area contributed by atoms with E-state index in [4.69, 9.17) is 21.1 Å². The third-order valence-corrected chi connectivity index (χ3v) is 8.02. The van der Waals surface area contributed by atoms with Gasteiger partial charge >= 0.3 is 0 Å². The van der Waals surface area contributed by atoms with Crippen molar-refractivity contribution >= 4 is 61.9 Å². The first kappa shape index (κ1) is 21.7. The quantitative estimate of drug-likeness (QED) is 0.588. The fraction of sp³-hybridized carbons (Fsp3) is 0.222. The number of nitrogens with zero attached hydrogens (tertiary/aromatic N) is 2. The molecule has 1 fully saturated rings. The van der Waals surface area contributed by atoms with Gasteiger partial charge in [-0.1, -0.05) is 11.6 Å². The lowest BCUT2D eigenvalue weighted by molar-refractivity contribution is -0.122. The van der Waals surface area contributed by atoms with E-state index >= 15 is 0 Å². The van der Waals surface area contributed by atoms with E-state index in [0.717, 1.165) is 23.1 Å². The number of amides is 1. The number of ether oxygens (including phenoxy) is 2. The van der Waals surface area contributed by atoms with Gasteiger partial charge < -0.3 is 9.47 Å². The zero-order chi connectivity index (χ0) is 21.2. The normalized spacial score (nSPS) is 17.4. The summed E-state index contributed by atoms with van der Waals surface area (Å²) in [6, 6.07) is 8.09. The number of carbonyl (C=O) groups excluding carboxylic acids is 1. The van der Waals surface area contributed by atoms with Crippen LogP contribution in [0.1, 0.15) is 12.5 Å². The molecule has 1 aromatic carbocycles. The molecule has 0 aliphatic carbocycles. The Hall–Kier alpha value is -2.01. The average Bonchev–Trinajstić information content (AvgIpc) is 3.26. The lowest BCUT2D eigenvalue weighted by Gasteiger charge is -2.11. The number of thioether (sulfide) groups is 1. The molecule has 154 valence electrons. The minimum Gasteiger partial charge on any atom is -0.497 e. The number of carbonyl (C=O) groups is 1. The molecule has 1 saturated heterocycles. The number of likely N-dealkylation sites (N-methyl/N-ethyl adjacent to an activating group) is 1. The van der Waals surface area contributed by atoms with Crippen LogP contribution in [0, 0.1) is 0 Å². The monoisotopic (exact) mass is 472 g/mol. The second kappa shape index (κ2) is 8.78. The van der Waals surface area contributed by atoms with E-state index in [1.165, 1.54) is 24.1 Å². The van der Waals surface area contributed by atoms with Gasteiger partial charge in [-0.2, -0.15) is 8.42 Å². The van der Waals surface area contributed by atoms with Gasteiger partial charge in [-0.15, -0.1) is 15.7 Å². The Morgan fingerprint density at radius 1 is 1.21 bits per heavy atom. The molecule has 0 unspecified atom stereocenters. The van der Waals surface area contributed by atoms with Crippen LogP contribution in [0.4, 0.5) is 0 Å². The predicted molar refractivity (Wildman–Crippen MR) is 116 cm³/mol. The van der Waals surface area contributed by atoms with E-state index < -0.39 is 10.0 Å². The molecular weight excluding hydrogens is 456 g/mol. The molecule has 29 heavy (non-hydrogen) atoms. The maximum Gasteiger partial charge on any atom is 0.294 e. The molecule has 1 aliphatic heterocycles. The Bertz CT molecular complexity index is 1110. The van der Waals surface area contributed by atoms with Crippen LogP contribution >= 0.6 is 34.7 Å². The van der Waals surface area contributed by atoms with Gasteiger partial charge in [-0.25, -0.2) is 0 Å². The number of thiophene rings is 1. The first-order valence-electron chi connectivity index (χ1n) is 8.32. The lowest BCUT2D eigenvalue weighted by atomic mass is 10.1. The number of methoxy groups -OCH3 is 2. The highest BCUT2D eigenvalue weighted by Gasteiger charge is 2.34. The maximum absolute atomic E-state index is 12.8. The molecule has 1 aliphatic rings. The van der Waals surface area contributed by atoms with Gasteiger partial charge in [0.25, 0.3) is 15.9 Å². The Kier molecular flexibility index (Phi) is 6.57. The molecule has 0 N–H and O–H groups in total. The molecule has 2 heterocycles. The molecule has 0 saturated carbocycles. The number of halogens is 1. The second-order valence-corrected chi connectivity index (χ2v) is 10.2. The third kappa shape index (κ3) is 4.61. The van der Waals surface area contributed by atoms with Crippen LogP contribution in [0.3, 0.4) is 0 Å². The molecule has 7 nitrogen and oxygen atoms in total. The summed E-state index contributed by atoms with van der Waals surface area (Å²) in [5.41, 5.74) is 0.661. The predicted octanol–water partition coefficient (Wildman–Crippen LogP) is 4.10. The fourth-order valence-electron chi connectivity index (χ4n) is 2.52. The third-order valence-electron chi connectivity index (χ3n) is 3.93. The van der Waals surface area contributed by atoms with Crippen molar-refractivity contribution < 1.29 is 22.7 Å². The topological polar surface area (TPSA) is 85.3 Å². The van der Waals surface area contributed by atoms with Crippen molar-refractivity contribution in [3.05, 3.63) is 45.1 Å². The maximum atomic E-state index is 12.8. The number of sulfonamides is 1. The van der Waals surface area contributed by atoms with E-state index in [-0.39, 0.29) is 21.8 Å². The van der Waals surface area contributed by atoms with Crippen LogP contribution in [0.15, 0.2) is 43.8 Å². The number of benzene rings is 1. The largest absolute Gasteiger partial charge is 0.497 e. The summed E-state index contributed by atoms with van der Waals surface area (Å²) in [7, 11) is -0.902. The Labute approximate surface area is 182 Å². The second-order valence-electron chi connectivity index (χ2n) is 5.68. The molecule has 1 aromatic heterocycles. The van der Waals surface area contributed by atoms with Gasteiger partial charge in [0.05, 0.1) is 23.5 Å². The molecular formula is C18H17ClN2O5S3. The van der Waals surface area contributed by atoms with Gasteiger partial charge in [0.2, 0.25) is 0 Å².